The van der Waals surface area contributed by atoms with E-state index >= 15 is 0 Å². The zero-order chi connectivity index (χ0) is 27.0. The topological polar surface area (TPSA) is 64.6 Å². The van der Waals surface area contributed by atoms with Crippen LogP contribution in [0.5, 0.6) is 0 Å². The Kier molecular flexibility index (Phi) is 7.97. The molecular weight excluding hydrogens is 481 g/mol. The van der Waals surface area contributed by atoms with Crippen LogP contribution in [0, 0.1) is 47.2 Å². The second kappa shape index (κ2) is 11.2. The van der Waals surface area contributed by atoms with Crippen molar-refractivity contribution in [1.29, 1.82) is 0 Å². The highest BCUT2D eigenvalue weighted by molar-refractivity contribution is 5.75. The summed E-state index contributed by atoms with van der Waals surface area (Å²) in [7, 11) is 0. The van der Waals surface area contributed by atoms with Crippen molar-refractivity contribution in [3.63, 3.8) is 0 Å². The minimum absolute atomic E-state index is 0.0350. The number of carbonyl (C=O) groups is 2. The Bertz CT molecular complexity index is 1110. The molecule has 0 bridgehead atoms. The number of hydrogen-bond acceptors (Lipinski definition) is 4. The molecule has 1 aromatic rings. The average Bonchev–Trinajstić information content (AvgIpc) is 3.16. The van der Waals surface area contributed by atoms with Crippen molar-refractivity contribution < 1.29 is 23.5 Å². The molecule has 3 aliphatic carbocycles. The lowest BCUT2D eigenvalue weighted by Crippen LogP contribution is -2.49. The number of fused-ring (bicyclic) bond motifs is 2. The highest BCUT2D eigenvalue weighted by Gasteiger charge is 2.55. The van der Waals surface area contributed by atoms with E-state index in [0.29, 0.717) is 36.2 Å². The Morgan fingerprint density at radius 2 is 2.03 bits per heavy atom. The molecule has 1 aliphatic heterocycles. The standard InChI is InChI=1S/C32H42FNO4/c1-5-37-32(36)34-25-10-12-27-23(16-25)17-29-30(20(4)38-31(29)35)28(27)14-18(2)21-9-11-26(19(3)13-21)22-7-6-8-24(33)15-22/h6-9,11,15,18-20,23,25,27-30H,5,10,12-14,16-17H2,1-4H3,(H,34,36)/t18?,19?,20-,23+,25-,27-,28-,29+,30+/m1/s1. The number of allylic oxidation sites excluding steroid dienone is 4. The normalized spacial score (nSPS) is 35.2. The molecule has 1 N–H and O–H groups in total. The first-order valence-corrected chi connectivity index (χ1v) is 14.6. The van der Waals surface area contributed by atoms with Gasteiger partial charge in [0.2, 0.25) is 0 Å². The Morgan fingerprint density at radius 1 is 1.21 bits per heavy atom. The van der Waals surface area contributed by atoms with Crippen molar-refractivity contribution in [1.82, 2.24) is 5.32 Å². The van der Waals surface area contributed by atoms with Gasteiger partial charge in [-0.3, -0.25) is 4.79 Å². The maximum absolute atomic E-state index is 13.8. The molecule has 9 atom stereocenters. The minimum atomic E-state index is -0.340. The van der Waals surface area contributed by atoms with E-state index < -0.39 is 0 Å². The van der Waals surface area contributed by atoms with Gasteiger partial charge in [-0.15, -0.1) is 0 Å². The first-order chi connectivity index (χ1) is 18.2. The van der Waals surface area contributed by atoms with Crippen molar-refractivity contribution in [3.8, 4) is 0 Å². The molecular formula is C32H42FNO4. The van der Waals surface area contributed by atoms with Crippen molar-refractivity contribution in [2.45, 2.75) is 78.4 Å². The molecule has 2 saturated carbocycles. The van der Waals surface area contributed by atoms with Crippen molar-refractivity contribution in [2.24, 2.45) is 41.4 Å². The predicted octanol–water partition coefficient (Wildman–Crippen LogP) is 6.93. The number of rotatable bonds is 6. The maximum atomic E-state index is 13.8. The van der Waals surface area contributed by atoms with E-state index in [9.17, 15) is 14.0 Å². The number of alkyl carbamates (subject to hydrolysis) is 1. The van der Waals surface area contributed by atoms with Crippen LogP contribution in [0.1, 0.15) is 71.8 Å². The molecule has 5 nitrogen and oxygen atoms in total. The van der Waals surface area contributed by atoms with Crippen LogP contribution < -0.4 is 5.32 Å². The van der Waals surface area contributed by atoms with E-state index in [-0.39, 0.29) is 41.9 Å². The molecule has 38 heavy (non-hydrogen) atoms. The third kappa shape index (κ3) is 5.41. The molecule has 206 valence electrons. The maximum Gasteiger partial charge on any atom is 0.407 e. The van der Waals surface area contributed by atoms with Crippen LogP contribution in [-0.4, -0.2) is 30.8 Å². The van der Waals surface area contributed by atoms with Crippen LogP contribution in [0.25, 0.3) is 5.57 Å². The number of hydrogen-bond donors (Lipinski definition) is 1. The zero-order valence-corrected chi connectivity index (χ0v) is 23.1. The summed E-state index contributed by atoms with van der Waals surface area (Å²) in [5.41, 5.74) is 3.59. The van der Waals surface area contributed by atoms with Crippen LogP contribution in [0.2, 0.25) is 0 Å². The molecule has 3 fully saturated rings. The van der Waals surface area contributed by atoms with Gasteiger partial charge in [0, 0.05) is 12.0 Å². The Labute approximate surface area is 226 Å². The fourth-order valence-electron chi connectivity index (χ4n) is 8.14. The lowest BCUT2D eigenvalue weighted by atomic mass is 9.55. The van der Waals surface area contributed by atoms with E-state index in [1.165, 1.54) is 17.2 Å². The summed E-state index contributed by atoms with van der Waals surface area (Å²) >= 11 is 0. The SMILES string of the molecule is CCOC(=O)N[C@@H]1CC[C@@H]2[C@@H](C1)C[C@@H]1C(=O)O[C@H](C)[C@H]1[C@@H]2CC(C)C1=CC=C(c2cccc(F)c2)C(C)C1. The molecule has 0 aromatic heterocycles. The van der Waals surface area contributed by atoms with Gasteiger partial charge >= 0.3 is 12.1 Å². The second-order valence-electron chi connectivity index (χ2n) is 12.1. The van der Waals surface area contributed by atoms with E-state index in [0.717, 1.165) is 44.1 Å². The number of ether oxygens (including phenoxy) is 2. The fraction of sp³-hybridized carbons (Fsp3) is 0.625. The third-order valence-electron chi connectivity index (χ3n) is 9.82. The molecule has 6 heteroatoms. The largest absolute Gasteiger partial charge is 0.462 e. The van der Waals surface area contributed by atoms with Gasteiger partial charge in [0.05, 0.1) is 12.5 Å². The van der Waals surface area contributed by atoms with Crippen molar-refractivity contribution >= 4 is 17.6 Å². The van der Waals surface area contributed by atoms with Gasteiger partial charge < -0.3 is 14.8 Å². The first-order valence-electron chi connectivity index (χ1n) is 14.6. The van der Waals surface area contributed by atoms with Crippen LogP contribution in [-0.2, 0) is 14.3 Å². The van der Waals surface area contributed by atoms with Crippen LogP contribution in [0.4, 0.5) is 9.18 Å². The summed E-state index contributed by atoms with van der Waals surface area (Å²) in [6, 6.07) is 6.98. The van der Waals surface area contributed by atoms with Crippen molar-refractivity contribution in [3.05, 3.63) is 53.4 Å². The molecule has 1 aromatic carbocycles. The molecule has 4 aliphatic rings. The van der Waals surface area contributed by atoms with Gasteiger partial charge in [0.15, 0.2) is 0 Å². The summed E-state index contributed by atoms with van der Waals surface area (Å²) in [6.07, 6.45) is 9.83. The highest BCUT2D eigenvalue weighted by Crippen LogP contribution is 2.55. The smallest absolute Gasteiger partial charge is 0.407 e. The number of nitrogens with one attached hydrogen (secondary N) is 1. The third-order valence-corrected chi connectivity index (χ3v) is 9.82. The fourth-order valence-corrected chi connectivity index (χ4v) is 8.14. The molecule has 1 saturated heterocycles. The van der Waals surface area contributed by atoms with E-state index in [1.807, 2.05) is 13.0 Å². The van der Waals surface area contributed by atoms with E-state index in [2.05, 4.69) is 38.2 Å². The Balaban J connectivity index is 1.33. The molecule has 0 spiro atoms. The summed E-state index contributed by atoms with van der Waals surface area (Å²) < 4.78 is 24.8. The highest BCUT2D eigenvalue weighted by atomic mass is 19.1. The second-order valence-corrected chi connectivity index (χ2v) is 12.1. The lowest BCUT2D eigenvalue weighted by molar-refractivity contribution is -0.144. The number of benzene rings is 1. The summed E-state index contributed by atoms with van der Waals surface area (Å²) in [5.74, 6) is 2.08. The quantitative estimate of drug-likeness (QED) is 0.411. The van der Waals surface area contributed by atoms with E-state index in [1.54, 1.807) is 12.1 Å². The monoisotopic (exact) mass is 523 g/mol. The van der Waals surface area contributed by atoms with Gasteiger partial charge in [-0.1, -0.05) is 43.7 Å². The zero-order valence-electron chi connectivity index (χ0n) is 23.1. The molecule has 1 heterocycles. The number of amides is 1. The summed E-state index contributed by atoms with van der Waals surface area (Å²) in [6.45, 7) is 8.81. The average molecular weight is 524 g/mol. The number of halogens is 1. The lowest BCUT2D eigenvalue weighted by Gasteiger charge is -2.49. The summed E-state index contributed by atoms with van der Waals surface area (Å²) in [4.78, 5) is 24.9. The van der Waals surface area contributed by atoms with Crippen LogP contribution in [0.3, 0.4) is 0 Å². The minimum Gasteiger partial charge on any atom is -0.462 e. The molecule has 0 radical (unpaired) electrons. The van der Waals surface area contributed by atoms with E-state index in [4.69, 9.17) is 9.47 Å². The van der Waals surface area contributed by atoms with Crippen molar-refractivity contribution in [2.75, 3.05) is 6.61 Å². The predicted molar refractivity (Wildman–Crippen MR) is 145 cm³/mol. The number of esters is 1. The molecule has 5 rings (SSSR count). The number of carbonyl (C=O) groups excluding carboxylic acids is 2. The van der Waals surface area contributed by atoms with Gasteiger partial charge in [0.1, 0.15) is 11.9 Å². The molecule has 2 unspecified atom stereocenters. The van der Waals surface area contributed by atoms with Crippen LogP contribution >= 0.6 is 0 Å². The van der Waals surface area contributed by atoms with Gasteiger partial charge in [0.25, 0.3) is 0 Å². The number of cyclic esters (lactones) is 1. The van der Waals surface area contributed by atoms with Gasteiger partial charge in [-0.25, -0.2) is 9.18 Å². The Hall–Kier alpha value is -2.63. The van der Waals surface area contributed by atoms with Gasteiger partial charge in [-0.2, -0.15) is 0 Å². The molecule has 1 amide bonds. The first kappa shape index (κ1) is 27.0. The summed E-state index contributed by atoms with van der Waals surface area (Å²) in [5, 5.41) is 3.05. The van der Waals surface area contributed by atoms with Crippen LogP contribution in [0.15, 0.2) is 42.0 Å². The van der Waals surface area contributed by atoms with Gasteiger partial charge in [-0.05, 0) is 105 Å². The Morgan fingerprint density at radius 3 is 2.76 bits per heavy atom.